The maximum absolute atomic E-state index is 12.4. The second-order valence-corrected chi connectivity index (χ2v) is 6.84. The minimum atomic E-state index is -3.95. The Morgan fingerprint density at radius 3 is 2.75 bits per heavy atom. The summed E-state index contributed by atoms with van der Waals surface area (Å²) in [5, 5.41) is 15.8. The Balaban J connectivity index is 2.25. The number of aromatic amines is 1. The van der Waals surface area contributed by atoms with Gasteiger partial charge in [-0.2, -0.15) is 5.10 Å². The molecular formula is C15H19N3O5S. The summed E-state index contributed by atoms with van der Waals surface area (Å²) >= 11 is 0. The average Bonchev–Trinajstić information content (AvgIpc) is 2.98. The lowest BCUT2D eigenvalue weighted by atomic mass is 10.2. The van der Waals surface area contributed by atoms with E-state index in [0.717, 1.165) is 31.0 Å². The smallest absolute Gasteiger partial charge is 0.339 e. The van der Waals surface area contributed by atoms with Crippen molar-refractivity contribution < 1.29 is 23.1 Å². The Bertz CT molecular complexity index is 829. The number of benzene rings is 1. The number of aromatic carboxylic acids is 1. The summed E-state index contributed by atoms with van der Waals surface area (Å²) in [5.74, 6) is -1.03. The van der Waals surface area contributed by atoms with Gasteiger partial charge in [-0.15, -0.1) is 0 Å². The lowest BCUT2D eigenvalue weighted by molar-refractivity contribution is 0.0693. The second kappa shape index (κ2) is 7.35. The number of sulfonamides is 1. The fourth-order valence-electron chi connectivity index (χ4n) is 2.13. The number of anilines is 1. The van der Waals surface area contributed by atoms with Crippen LogP contribution in [0.4, 0.5) is 5.82 Å². The zero-order chi connectivity index (χ0) is 17.7. The third-order valence-corrected chi connectivity index (χ3v) is 4.73. The van der Waals surface area contributed by atoms with Crippen LogP contribution in [0.1, 0.15) is 35.8 Å². The Kier molecular flexibility index (Phi) is 5.45. The molecule has 0 radical (unpaired) electrons. The summed E-state index contributed by atoms with van der Waals surface area (Å²) in [5.41, 5.74) is 0.599. The summed E-state index contributed by atoms with van der Waals surface area (Å²) in [7, 11) is -2.64. The Morgan fingerprint density at radius 2 is 2.12 bits per heavy atom. The largest absolute Gasteiger partial charge is 0.496 e. The Hall–Kier alpha value is -2.55. The van der Waals surface area contributed by atoms with Gasteiger partial charge in [0.25, 0.3) is 10.0 Å². The van der Waals surface area contributed by atoms with E-state index < -0.39 is 16.0 Å². The number of carboxylic acid groups (broad SMARTS) is 1. The van der Waals surface area contributed by atoms with Crippen LogP contribution in [0.2, 0.25) is 0 Å². The van der Waals surface area contributed by atoms with Crippen molar-refractivity contribution in [1.29, 1.82) is 0 Å². The van der Waals surface area contributed by atoms with Gasteiger partial charge < -0.3 is 9.84 Å². The standard InChI is InChI=1S/C15H19N3O5S/c1-3-4-5-10-8-14(17-16-10)18-24(21,22)11-6-7-13(23-2)12(9-11)15(19)20/h6-9H,3-5H2,1-2H3,(H,19,20)(H2,16,17,18). The molecule has 0 amide bonds. The monoisotopic (exact) mass is 353 g/mol. The summed E-state index contributed by atoms with van der Waals surface area (Å²) in [4.78, 5) is 11.0. The van der Waals surface area contributed by atoms with Crippen molar-refractivity contribution in [2.45, 2.75) is 31.1 Å². The number of nitrogens with zero attached hydrogens (tertiary/aromatic N) is 1. The number of carbonyl (C=O) groups is 1. The van der Waals surface area contributed by atoms with Gasteiger partial charge in [-0.3, -0.25) is 9.82 Å². The normalized spacial score (nSPS) is 11.2. The van der Waals surface area contributed by atoms with Crippen molar-refractivity contribution in [3.63, 3.8) is 0 Å². The second-order valence-electron chi connectivity index (χ2n) is 5.15. The number of aryl methyl sites for hydroxylation is 1. The number of methoxy groups -OCH3 is 1. The molecule has 0 aliphatic heterocycles. The molecule has 1 heterocycles. The maximum Gasteiger partial charge on any atom is 0.339 e. The zero-order valence-corrected chi connectivity index (χ0v) is 14.2. The molecule has 0 spiro atoms. The number of hydrogen-bond donors (Lipinski definition) is 3. The highest BCUT2D eigenvalue weighted by atomic mass is 32.2. The summed E-state index contributed by atoms with van der Waals surface area (Å²) in [6.45, 7) is 2.06. The van der Waals surface area contributed by atoms with Crippen LogP contribution >= 0.6 is 0 Å². The van der Waals surface area contributed by atoms with E-state index in [1.54, 1.807) is 6.07 Å². The molecule has 1 aromatic carbocycles. The number of aromatic nitrogens is 2. The number of unbranched alkanes of at least 4 members (excludes halogenated alkanes) is 1. The minimum absolute atomic E-state index is 0.0862. The quantitative estimate of drug-likeness (QED) is 0.669. The lowest BCUT2D eigenvalue weighted by Crippen LogP contribution is -2.14. The molecule has 0 aliphatic carbocycles. The number of ether oxygens (including phenoxy) is 1. The first kappa shape index (κ1) is 17.8. The predicted octanol–water partition coefficient (Wildman–Crippen LogP) is 2.26. The first-order valence-electron chi connectivity index (χ1n) is 7.35. The fraction of sp³-hybridized carbons (Fsp3) is 0.333. The highest BCUT2D eigenvalue weighted by molar-refractivity contribution is 7.92. The van der Waals surface area contributed by atoms with Gasteiger partial charge in [-0.25, -0.2) is 13.2 Å². The molecular weight excluding hydrogens is 334 g/mol. The summed E-state index contributed by atoms with van der Waals surface area (Å²) < 4.78 is 32.1. The van der Waals surface area contributed by atoms with Gasteiger partial charge in [-0.1, -0.05) is 13.3 Å². The van der Waals surface area contributed by atoms with E-state index in [1.807, 2.05) is 0 Å². The molecule has 2 aromatic rings. The van der Waals surface area contributed by atoms with Crippen molar-refractivity contribution in [3.8, 4) is 5.75 Å². The number of H-pyrrole nitrogens is 1. The molecule has 0 fully saturated rings. The van der Waals surface area contributed by atoms with Gasteiger partial charge in [0.05, 0.1) is 12.0 Å². The molecule has 0 saturated heterocycles. The maximum atomic E-state index is 12.4. The first-order chi connectivity index (χ1) is 11.4. The number of rotatable bonds is 8. The van der Waals surface area contributed by atoms with Crippen molar-refractivity contribution in [2.24, 2.45) is 0 Å². The molecule has 24 heavy (non-hydrogen) atoms. The van der Waals surface area contributed by atoms with E-state index in [2.05, 4.69) is 21.8 Å². The van der Waals surface area contributed by atoms with Crippen LogP contribution in [0.3, 0.4) is 0 Å². The van der Waals surface area contributed by atoms with E-state index in [4.69, 9.17) is 9.84 Å². The molecule has 8 nitrogen and oxygen atoms in total. The summed E-state index contributed by atoms with van der Waals surface area (Å²) in [6, 6.07) is 5.25. The zero-order valence-electron chi connectivity index (χ0n) is 13.4. The van der Waals surface area contributed by atoms with Gasteiger partial charge in [0.1, 0.15) is 11.3 Å². The number of carboxylic acids is 1. The van der Waals surface area contributed by atoms with E-state index in [0.29, 0.717) is 0 Å². The van der Waals surface area contributed by atoms with E-state index in [1.165, 1.54) is 19.2 Å². The van der Waals surface area contributed by atoms with Gasteiger partial charge in [0, 0.05) is 11.8 Å². The lowest BCUT2D eigenvalue weighted by Gasteiger charge is -2.09. The Morgan fingerprint density at radius 1 is 1.38 bits per heavy atom. The van der Waals surface area contributed by atoms with Crippen LogP contribution in [0.15, 0.2) is 29.2 Å². The molecule has 0 saturated carbocycles. The van der Waals surface area contributed by atoms with Gasteiger partial charge in [0.2, 0.25) is 0 Å². The van der Waals surface area contributed by atoms with Crippen LogP contribution in [-0.2, 0) is 16.4 Å². The van der Waals surface area contributed by atoms with Crippen LogP contribution in [0.25, 0.3) is 0 Å². The highest BCUT2D eigenvalue weighted by Gasteiger charge is 2.20. The minimum Gasteiger partial charge on any atom is -0.496 e. The molecule has 9 heteroatoms. The third-order valence-electron chi connectivity index (χ3n) is 3.38. The third kappa shape index (κ3) is 4.05. The van der Waals surface area contributed by atoms with Gasteiger partial charge in [-0.05, 0) is 31.0 Å². The molecule has 1 aromatic heterocycles. The molecule has 3 N–H and O–H groups in total. The van der Waals surface area contributed by atoms with E-state index >= 15 is 0 Å². The molecule has 2 rings (SSSR count). The first-order valence-corrected chi connectivity index (χ1v) is 8.84. The molecule has 130 valence electrons. The van der Waals surface area contributed by atoms with Crippen molar-refractivity contribution >= 4 is 21.8 Å². The van der Waals surface area contributed by atoms with Crippen molar-refractivity contribution in [1.82, 2.24) is 10.2 Å². The van der Waals surface area contributed by atoms with Crippen LogP contribution < -0.4 is 9.46 Å². The fourth-order valence-corrected chi connectivity index (χ4v) is 3.15. The SMILES string of the molecule is CCCCc1cc(NS(=O)(=O)c2ccc(OC)c(C(=O)O)c2)n[nH]1. The van der Waals surface area contributed by atoms with Crippen LogP contribution in [0, 0.1) is 0 Å². The topological polar surface area (TPSA) is 121 Å². The Labute approximate surface area is 139 Å². The van der Waals surface area contributed by atoms with Crippen LogP contribution in [-0.4, -0.2) is 36.8 Å². The summed E-state index contributed by atoms with van der Waals surface area (Å²) in [6.07, 6.45) is 2.76. The van der Waals surface area contributed by atoms with Crippen LogP contribution in [0.5, 0.6) is 5.75 Å². The van der Waals surface area contributed by atoms with E-state index in [9.17, 15) is 13.2 Å². The molecule has 0 bridgehead atoms. The number of hydrogen-bond acceptors (Lipinski definition) is 5. The predicted molar refractivity (Wildman–Crippen MR) is 88.0 cm³/mol. The molecule has 0 aliphatic rings. The molecule has 0 atom stereocenters. The van der Waals surface area contributed by atoms with Gasteiger partial charge in [0.15, 0.2) is 5.82 Å². The van der Waals surface area contributed by atoms with Crippen molar-refractivity contribution in [3.05, 3.63) is 35.5 Å². The number of nitrogens with one attached hydrogen (secondary N) is 2. The average molecular weight is 353 g/mol. The van der Waals surface area contributed by atoms with Crippen molar-refractivity contribution in [2.75, 3.05) is 11.8 Å². The highest BCUT2D eigenvalue weighted by Crippen LogP contribution is 2.24. The van der Waals surface area contributed by atoms with E-state index in [-0.39, 0.29) is 22.0 Å². The van der Waals surface area contributed by atoms with Gasteiger partial charge >= 0.3 is 5.97 Å². The molecule has 0 unspecified atom stereocenters.